The fraction of sp³-hybridized carbons (Fsp3) is 0.364. The highest BCUT2D eigenvalue weighted by atomic mass is 16.5. The molecule has 0 amide bonds. The Kier molecular flexibility index (Phi) is 3.19. The maximum Gasteiger partial charge on any atom is 0.175 e. The van der Waals surface area contributed by atoms with Crippen molar-refractivity contribution in [2.45, 2.75) is 0 Å². The van der Waals surface area contributed by atoms with Crippen molar-refractivity contribution in [2.24, 2.45) is 5.16 Å². The Bertz CT molecular complexity index is 332. The van der Waals surface area contributed by atoms with Gasteiger partial charge in [0.15, 0.2) is 5.84 Å². The predicted molar refractivity (Wildman–Crippen MR) is 57.2 cm³/mol. The number of benzene rings is 1. The molecule has 0 atom stereocenters. The summed E-state index contributed by atoms with van der Waals surface area (Å²) in [6.07, 6.45) is 0. The zero-order chi connectivity index (χ0) is 10.5. The maximum atomic E-state index is 9.04. The van der Waals surface area contributed by atoms with Crippen molar-refractivity contribution >= 4 is 5.84 Å². The summed E-state index contributed by atoms with van der Waals surface area (Å²) >= 11 is 0. The van der Waals surface area contributed by atoms with Gasteiger partial charge in [0, 0.05) is 18.7 Å². The normalized spacial score (nSPS) is 17.9. The molecule has 0 radical (unpaired) electrons. The lowest BCUT2D eigenvalue weighted by atomic mass is 10.2. The standard InChI is InChI=1S/C11H14N2O2/c14-12-11(10-4-2-1-3-5-10)13-6-8-15-9-7-13/h1-5,14H,6-9H2/b12-11+. The number of oxime groups is 1. The second kappa shape index (κ2) is 4.79. The average Bonchev–Trinajstić information content (AvgIpc) is 2.33. The van der Waals surface area contributed by atoms with Gasteiger partial charge in [0.25, 0.3) is 0 Å². The molecule has 0 saturated carbocycles. The van der Waals surface area contributed by atoms with Gasteiger partial charge in [-0.15, -0.1) is 0 Å². The molecule has 1 fully saturated rings. The van der Waals surface area contributed by atoms with Gasteiger partial charge < -0.3 is 14.8 Å². The zero-order valence-corrected chi connectivity index (χ0v) is 8.47. The summed E-state index contributed by atoms with van der Waals surface area (Å²) in [6.45, 7) is 2.92. The van der Waals surface area contributed by atoms with E-state index in [9.17, 15) is 0 Å². The minimum absolute atomic E-state index is 0.624. The molecular formula is C11H14N2O2. The number of rotatable bonds is 1. The Balaban J connectivity index is 2.17. The Morgan fingerprint density at radius 1 is 1.20 bits per heavy atom. The van der Waals surface area contributed by atoms with Crippen molar-refractivity contribution in [3.8, 4) is 0 Å². The van der Waals surface area contributed by atoms with Crippen LogP contribution in [0.3, 0.4) is 0 Å². The molecule has 1 heterocycles. The number of hydrogen-bond donors (Lipinski definition) is 1. The van der Waals surface area contributed by atoms with Crippen LogP contribution in [-0.2, 0) is 4.74 Å². The molecule has 2 rings (SSSR count). The van der Waals surface area contributed by atoms with E-state index in [0.29, 0.717) is 19.0 Å². The van der Waals surface area contributed by atoms with Gasteiger partial charge in [-0.25, -0.2) is 0 Å². The summed E-state index contributed by atoms with van der Waals surface area (Å²) in [5.74, 6) is 0.624. The van der Waals surface area contributed by atoms with Crippen LogP contribution in [0.5, 0.6) is 0 Å². The second-order valence-corrected chi connectivity index (χ2v) is 3.39. The fourth-order valence-corrected chi connectivity index (χ4v) is 1.67. The Morgan fingerprint density at radius 2 is 1.87 bits per heavy atom. The smallest absolute Gasteiger partial charge is 0.175 e. The van der Waals surface area contributed by atoms with Crippen molar-refractivity contribution in [1.82, 2.24) is 4.90 Å². The molecule has 4 heteroatoms. The van der Waals surface area contributed by atoms with Gasteiger partial charge in [0.05, 0.1) is 13.2 Å². The molecule has 0 aromatic heterocycles. The van der Waals surface area contributed by atoms with E-state index in [-0.39, 0.29) is 0 Å². The molecule has 0 aliphatic carbocycles. The SMILES string of the molecule is O/N=C(\c1ccccc1)N1CCOCC1. The van der Waals surface area contributed by atoms with E-state index in [1.54, 1.807) is 0 Å². The highest BCUT2D eigenvalue weighted by molar-refractivity contribution is 5.98. The Labute approximate surface area is 88.8 Å². The summed E-state index contributed by atoms with van der Waals surface area (Å²) < 4.78 is 5.25. The molecular weight excluding hydrogens is 192 g/mol. The molecule has 1 aliphatic heterocycles. The van der Waals surface area contributed by atoms with Crippen LogP contribution in [0.15, 0.2) is 35.5 Å². The van der Waals surface area contributed by atoms with E-state index in [0.717, 1.165) is 18.7 Å². The molecule has 0 bridgehead atoms. The third-order valence-electron chi connectivity index (χ3n) is 2.44. The molecule has 0 unspecified atom stereocenters. The molecule has 1 aromatic rings. The first-order valence-electron chi connectivity index (χ1n) is 5.02. The van der Waals surface area contributed by atoms with E-state index in [1.807, 2.05) is 35.2 Å². The summed E-state index contributed by atoms with van der Waals surface area (Å²) in [4.78, 5) is 2.03. The molecule has 15 heavy (non-hydrogen) atoms. The number of amidine groups is 1. The third kappa shape index (κ3) is 2.27. The van der Waals surface area contributed by atoms with Crippen LogP contribution >= 0.6 is 0 Å². The second-order valence-electron chi connectivity index (χ2n) is 3.39. The highest BCUT2D eigenvalue weighted by Crippen LogP contribution is 2.07. The summed E-state index contributed by atoms with van der Waals surface area (Å²) in [5.41, 5.74) is 0.932. The van der Waals surface area contributed by atoms with E-state index in [4.69, 9.17) is 9.94 Å². The molecule has 0 spiro atoms. The van der Waals surface area contributed by atoms with E-state index < -0.39 is 0 Å². The molecule has 1 N–H and O–H groups in total. The van der Waals surface area contributed by atoms with E-state index in [2.05, 4.69) is 5.16 Å². The van der Waals surface area contributed by atoms with Crippen molar-refractivity contribution in [3.63, 3.8) is 0 Å². The zero-order valence-electron chi connectivity index (χ0n) is 8.47. The maximum absolute atomic E-state index is 9.04. The lowest BCUT2D eigenvalue weighted by Crippen LogP contribution is -2.41. The van der Waals surface area contributed by atoms with Crippen LogP contribution in [0.2, 0.25) is 0 Å². The molecule has 1 saturated heterocycles. The molecule has 1 aliphatic rings. The van der Waals surface area contributed by atoms with Crippen molar-refractivity contribution in [3.05, 3.63) is 35.9 Å². The van der Waals surface area contributed by atoms with Crippen molar-refractivity contribution in [1.29, 1.82) is 0 Å². The van der Waals surface area contributed by atoms with Crippen LogP contribution in [-0.4, -0.2) is 42.2 Å². The average molecular weight is 206 g/mol. The number of hydrogen-bond acceptors (Lipinski definition) is 3. The summed E-state index contributed by atoms with van der Waals surface area (Å²) in [5, 5.41) is 12.4. The highest BCUT2D eigenvalue weighted by Gasteiger charge is 2.16. The fourth-order valence-electron chi connectivity index (χ4n) is 1.67. The summed E-state index contributed by atoms with van der Waals surface area (Å²) in [7, 11) is 0. The first-order chi connectivity index (χ1) is 7.42. The van der Waals surface area contributed by atoms with E-state index >= 15 is 0 Å². The van der Waals surface area contributed by atoms with Crippen LogP contribution in [0.4, 0.5) is 0 Å². The monoisotopic (exact) mass is 206 g/mol. The molecule has 4 nitrogen and oxygen atoms in total. The van der Waals surface area contributed by atoms with E-state index in [1.165, 1.54) is 0 Å². The Hall–Kier alpha value is -1.55. The topological polar surface area (TPSA) is 45.1 Å². The number of nitrogens with zero attached hydrogens (tertiary/aromatic N) is 2. The largest absolute Gasteiger partial charge is 0.409 e. The Morgan fingerprint density at radius 3 is 2.47 bits per heavy atom. The first kappa shape index (κ1) is 9.98. The lowest BCUT2D eigenvalue weighted by molar-refractivity contribution is 0.0668. The van der Waals surface area contributed by atoms with Gasteiger partial charge in [0.1, 0.15) is 0 Å². The van der Waals surface area contributed by atoms with Crippen LogP contribution in [0.25, 0.3) is 0 Å². The van der Waals surface area contributed by atoms with Gasteiger partial charge in [-0.1, -0.05) is 35.5 Å². The van der Waals surface area contributed by atoms with Gasteiger partial charge in [-0.05, 0) is 0 Å². The third-order valence-corrected chi connectivity index (χ3v) is 2.44. The van der Waals surface area contributed by atoms with Gasteiger partial charge in [-0.2, -0.15) is 0 Å². The van der Waals surface area contributed by atoms with Gasteiger partial charge in [-0.3, -0.25) is 0 Å². The summed E-state index contributed by atoms with van der Waals surface area (Å²) in [6, 6.07) is 9.68. The van der Waals surface area contributed by atoms with Crippen LogP contribution < -0.4 is 0 Å². The molecule has 1 aromatic carbocycles. The number of ether oxygens (including phenoxy) is 1. The minimum Gasteiger partial charge on any atom is -0.409 e. The van der Waals surface area contributed by atoms with Crippen molar-refractivity contribution in [2.75, 3.05) is 26.3 Å². The predicted octanol–water partition coefficient (Wildman–Crippen LogP) is 1.15. The van der Waals surface area contributed by atoms with Crippen LogP contribution in [0, 0.1) is 0 Å². The van der Waals surface area contributed by atoms with Gasteiger partial charge in [0.2, 0.25) is 0 Å². The lowest BCUT2D eigenvalue weighted by Gasteiger charge is -2.28. The van der Waals surface area contributed by atoms with Crippen LogP contribution in [0.1, 0.15) is 5.56 Å². The quantitative estimate of drug-likeness (QED) is 0.324. The number of morpholine rings is 1. The molecule has 80 valence electrons. The first-order valence-corrected chi connectivity index (χ1v) is 5.02. The minimum atomic E-state index is 0.624. The van der Waals surface area contributed by atoms with Crippen molar-refractivity contribution < 1.29 is 9.94 Å². The van der Waals surface area contributed by atoms with Gasteiger partial charge >= 0.3 is 0 Å².